The number of pyridine rings is 2. The van der Waals surface area contributed by atoms with E-state index >= 15 is 0 Å². The van der Waals surface area contributed by atoms with E-state index in [4.69, 9.17) is 21.3 Å². The van der Waals surface area contributed by atoms with E-state index in [1.165, 1.54) is 0 Å². The summed E-state index contributed by atoms with van der Waals surface area (Å²) in [4.78, 5) is 31.2. The van der Waals surface area contributed by atoms with Gasteiger partial charge in [-0.1, -0.05) is 30.7 Å². The summed E-state index contributed by atoms with van der Waals surface area (Å²) in [5.41, 5.74) is 3.61. The molecule has 7 nitrogen and oxygen atoms in total. The summed E-state index contributed by atoms with van der Waals surface area (Å²) in [5, 5.41) is 2.22. The maximum atomic E-state index is 12.5. The number of aromatic amines is 1. The Morgan fingerprint density at radius 3 is 2.94 bits per heavy atom. The Morgan fingerprint density at radius 2 is 2.09 bits per heavy atom. The lowest BCUT2D eigenvalue weighted by molar-refractivity contribution is -0.132. The molecular weight excluding hydrogens is 426 g/mol. The van der Waals surface area contributed by atoms with Gasteiger partial charge < -0.3 is 14.6 Å². The molecule has 1 aliphatic heterocycles. The highest BCUT2D eigenvalue weighted by molar-refractivity contribution is 6.36. The number of nitrogens with one attached hydrogen (secondary N) is 1. The molecule has 8 heteroatoms. The van der Waals surface area contributed by atoms with Crippen molar-refractivity contribution in [3.05, 3.63) is 59.3 Å². The number of fused-ring (bicyclic) bond motifs is 2. The lowest BCUT2D eigenvalue weighted by atomic mass is 9.98. The Bertz CT molecular complexity index is 1280. The van der Waals surface area contributed by atoms with Crippen molar-refractivity contribution < 1.29 is 9.53 Å². The number of amides is 1. The van der Waals surface area contributed by atoms with Crippen LogP contribution in [0.1, 0.15) is 37.1 Å². The average molecular weight is 450 g/mol. The number of nitrogens with zero attached hydrogens (tertiary/aromatic N) is 4. The van der Waals surface area contributed by atoms with E-state index in [0.717, 1.165) is 59.1 Å². The highest BCUT2D eigenvalue weighted by atomic mass is 35.5. The predicted molar refractivity (Wildman–Crippen MR) is 124 cm³/mol. The van der Waals surface area contributed by atoms with Gasteiger partial charge in [0.05, 0.1) is 27.9 Å². The summed E-state index contributed by atoms with van der Waals surface area (Å²) in [7, 11) is 0. The third-order valence-electron chi connectivity index (χ3n) is 6.00. The second-order valence-electron chi connectivity index (χ2n) is 8.23. The first kappa shape index (κ1) is 20.7. The fourth-order valence-electron chi connectivity index (χ4n) is 4.26. The first-order valence-corrected chi connectivity index (χ1v) is 11.2. The monoisotopic (exact) mass is 449 g/mol. The van der Waals surface area contributed by atoms with Crippen molar-refractivity contribution in [1.82, 2.24) is 24.8 Å². The molecule has 0 spiro atoms. The highest BCUT2D eigenvalue weighted by Gasteiger charge is 2.21. The summed E-state index contributed by atoms with van der Waals surface area (Å²) < 4.78 is 5.95. The summed E-state index contributed by atoms with van der Waals surface area (Å²) in [6, 6.07) is 9.65. The van der Waals surface area contributed by atoms with Gasteiger partial charge >= 0.3 is 0 Å². The molecule has 1 atom stereocenters. The molecule has 0 bridgehead atoms. The molecule has 1 amide bonds. The zero-order chi connectivity index (χ0) is 22.1. The molecular formula is C24H24ClN5O2. The molecule has 0 saturated carbocycles. The average Bonchev–Trinajstić information content (AvgIpc) is 3.50. The minimum Gasteiger partial charge on any atom is -0.467 e. The van der Waals surface area contributed by atoms with E-state index < -0.39 is 0 Å². The molecule has 5 rings (SSSR count). The number of likely N-dealkylation sites (tertiary alicyclic amines) is 1. The Morgan fingerprint density at radius 1 is 1.25 bits per heavy atom. The minimum atomic E-state index is -0.0424. The number of hydrogen-bond donors (Lipinski definition) is 1. The van der Waals surface area contributed by atoms with Crippen molar-refractivity contribution in [2.75, 3.05) is 19.7 Å². The minimum absolute atomic E-state index is 0.0163. The lowest BCUT2D eigenvalue weighted by Gasteiger charge is -2.18. The Labute approximate surface area is 190 Å². The van der Waals surface area contributed by atoms with Crippen LogP contribution in [0, 0.1) is 0 Å². The van der Waals surface area contributed by atoms with Gasteiger partial charge in [-0.3, -0.25) is 9.78 Å². The number of imidazole rings is 1. The molecule has 0 radical (unpaired) electrons. The zero-order valence-corrected chi connectivity index (χ0v) is 18.6. The number of halogens is 1. The standard InChI is InChI=1S/C24H24ClN5O2/c1-15(11-20-23-18(7-8-26-20)27-14-28-23)19-12-16-5-4-6-17(25)22(16)24(29-19)32-13-21(31)30-9-2-3-10-30/h4-8,12,14-15H,2-3,9-11,13H2,1H3,(H,27,28)/t15-/m1/s1. The second kappa shape index (κ2) is 8.74. The quantitative estimate of drug-likeness (QED) is 0.468. The van der Waals surface area contributed by atoms with Crippen LogP contribution >= 0.6 is 11.6 Å². The van der Waals surface area contributed by atoms with Crippen molar-refractivity contribution in [2.24, 2.45) is 0 Å². The molecule has 1 N–H and O–H groups in total. The van der Waals surface area contributed by atoms with Crippen LogP contribution in [-0.2, 0) is 11.2 Å². The van der Waals surface area contributed by atoms with E-state index in [1.807, 2.05) is 35.2 Å². The van der Waals surface area contributed by atoms with Crippen molar-refractivity contribution in [3.8, 4) is 5.88 Å². The van der Waals surface area contributed by atoms with Gasteiger partial charge in [0.25, 0.3) is 5.91 Å². The van der Waals surface area contributed by atoms with Gasteiger partial charge in [-0.2, -0.15) is 0 Å². The molecule has 1 aromatic carbocycles. The molecule has 164 valence electrons. The van der Waals surface area contributed by atoms with Crippen molar-refractivity contribution >= 4 is 39.3 Å². The smallest absolute Gasteiger partial charge is 0.260 e. The molecule has 1 aliphatic rings. The van der Waals surface area contributed by atoms with Crippen LogP contribution in [0.5, 0.6) is 5.88 Å². The second-order valence-corrected chi connectivity index (χ2v) is 8.64. The third-order valence-corrected chi connectivity index (χ3v) is 6.32. The summed E-state index contributed by atoms with van der Waals surface area (Å²) in [5.74, 6) is 0.440. The van der Waals surface area contributed by atoms with Crippen LogP contribution in [0.25, 0.3) is 21.8 Å². The topological polar surface area (TPSA) is 84.0 Å². The van der Waals surface area contributed by atoms with Gasteiger partial charge in [-0.05, 0) is 36.4 Å². The van der Waals surface area contributed by atoms with Gasteiger partial charge in [0.15, 0.2) is 6.61 Å². The van der Waals surface area contributed by atoms with Gasteiger partial charge in [0, 0.05) is 37.3 Å². The van der Waals surface area contributed by atoms with Crippen molar-refractivity contribution in [3.63, 3.8) is 0 Å². The summed E-state index contributed by atoms with van der Waals surface area (Å²) >= 11 is 6.48. The van der Waals surface area contributed by atoms with E-state index in [-0.39, 0.29) is 18.4 Å². The molecule has 32 heavy (non-hydrogen) atoms. The first-order chi connectivity index (χ1) is 15.6. The maximum Gasteiger partial charge on any atom is 0.260 e. The van der Waals surface area contributed by atoms with E-state index in [2.05, 4.69) is 21.9 Å². The van der Waals surface area contributed by atoms with Gasteiger partial charge in [0.1, 0.15) is 5.52 Å². The van der Waals surface area contributed by atoms with Crippen molar-refractivity contribution in [2.45, 2.75) is 32.1 Å². The number of benzene rings is 1. The fraction of sp³-hybridized carbons (Fsp3) is 0.333. The molecule has 4 heterocycles. The SMILES string of the molecule is C[C@H](Cc1nccc2[nH]cnc12)c1cc2cccc(Cl)c2c(OCC(=O)N2CCCC2)n1. The normalized spacial score (nSPS) is 14.9. The Kier molecular flexibility index (Phi) is 5.66. The Hall–Kier alpha value is -3.19. The van der Waals surface area contributed by atoms with Gasteiger partial charge in [-0.15, -0.1) is 0 Å². The maximum absolute atomic E-state index is 12.5. The largest absolute Gasteiger partial charge is 0.467 e. The van der Waals surface area contributed by atoms with E-state index in [9.17, 15) is 4.79 Å². The summed E-state index contributed by atoms with van der Waals surface area (Å²) in [6.45, 7) is 3.64. The van der Waals surface area contributed by atoms with Crippen LogP contribution in [0.2, 0.25) is 5.02 Å². The van der Waals surface area contributed by atoms with Crippen molar-refractivity contribution in [1.29, 1.82) is 0 Å². The van der Waals surface area contributed by atoms with Crippen LogP contribution < -0.4 is 4.74 Å². The third kappa shape index (κ3) is 4.00. The first-order valence-electron chi connectivity index (χ1n) is 10.9. The number of rotatable bonds is 6. The number of ether oxygens (including phenoxy) is 1. The van der Waals surface area contributed by atoms with Gasteiger partial charge in [-0.25, -0.2) is 9.97 Å². The predicted octanol–water partition coefficient (Wildman–Crippen LogP) is 4.51. The van der Waals surface area contributed by atoms with E-state index in [1.54, 1.807) is 12.5 Å². The van der Waals surface area contributed by atoms with Crippen LogP contribution in [0.3, 0.4) is 0 Å². The highest BCUT2D eigenvalue weighted by Crippen LogP contribution is 2.34. The Balaban J connectivity index is 1.45. The summed E-state index contributed by atoms with van der Waals surface area (Å²) in [6.07, 6.45) is 6.23. The molecule has 1 fully saturated rings. The number of hydrogen-bond acceptors (Lipinski definition) is 5. The van der Waals surface area contributed by atoms with E-state index in [0.29, 0.717) is 17.3 Å². The number of H-pyrrole nitrogens is 1. The number of carbonyl (C=O) groups is 1. The number of aromatic nitrogens is 4. The molecule has 3 aromatic heterocycles. The fourth-order valence-corrected chi connectivity index (χ4v) is 4.53. The molecule has 0 unspecified atom stereocenters. The molecule has 1 saturated heterocycles. The molecule has 0 aliphatic carbocycles. The number of carbonyl (C=O) groups excluding carboxylic acids is 1. The van der Waals surface area contributed by atoms with Crippen LogP contribution in [-0.4, -0.2) is 50.4 Å². The lowest BCUT2D eigenvalue weighted by Crippen LogP contribution is -2.32. The zero-order valence-electron chi connectivity index (χ0n) is 17.8. The van der Waals surface area contributed by atoms with Crippen LogP contribution in [0.15, 0.2) is 42.9 Å². The van der Waals surface area contributed by atoms with Gasteiger partial charge in [0.2, 0.25) is 5.88 Å². The molecule has 4 aromatic rings. The van der Waals surface area contributed by atoms with Crippen LogP contribution in [0.4, 0.5) is 0 Å².